The Morgan fingerprint density at radius 2 is 1.66 bits per heavy atom. The van der Waals surface area contributed by atoms with Crippen LogP contribution in [0.5, 0.6) is 11.5 Å². The first-order chi connectivity index (χ1) is 14.0. The van der Waals surface area contributed by atoms with Crippen molar-refractivity contribution in [1.29, 1.82) is 0 Å². The lowest BCUT2D eigenvalue weighted by atomic mass is 9.91. The van der Waals surface area contributed by atoms with Crippen LogP contribution in [0.3, 0.4) is 0 Å². The lowest BCUT2D eigenvalue weighted by Crippen LogP contribution is -2.15. The van der Waals surface area contributed by atoms with Crippen LogP contribution in [-0.2, 0) is 0 Å². The summed E-state index contributed by atoms with van der Waals surface area (Å²) < 4.78 is 5.89. The molecular formula is C26H31NO2. The van der Waals surface area contributed by atoms with E-state index in [1.807, 2.05) is 24.3 Å². The Bertz CT molecular complexity index is 903. The van der Waals surface area contributed by atoms with Crippen LogP contribution in [0.1, 0.15) is 37.3 Å². The highest BCUT2D eigenvalue weighted by Gasteiger charge is 2.19. The van der Waals surface area contributed by atoms with Gasteiger partial charge in [0.1, 0.15) is 11.5 Å². The molecule has 0 atom stereocenters. The first-order valence-corrected chi connectivity index (χ1v) is 10.3. The van der Waals surface area contributed by atoms with Crippen LogP contribution in [0.4, 0.5) is 0 Å². The Hall–Kier alpha value is -2.78. The maximum atomic E-state index is 9.71. The van der Waals surface area contributed by atoms with E-state index in [9.17, 15) is 5.11 Å². The molecule has 0 bridgehead atoms. The number of ether oxygens (including phenoxy) is 1. The minimum absolute atomic E-state index is 0.279. The van der Waals surface area contributed by atoms with E-state index in [2.05, 4.69) is 50.7 Å². The zero-order valence-corrected chi connectivity index (χ0v) is 17.7. The molecule has 1 aliphatic rings. The Morgan fingerprint density at radius 3 is 2.17 bits per heavy atom. The van der Waals surface area contributed by atoms with Crippen molar-refractivity contribution in [2.45, 2.75) is 26.2 Å². The molecule has 1 fully saturated rings. The van der Waals surface area contributed by atoms with E-state index in [-0.39, 0.29) is 5.75 Å². The van der Waals surface area contributed by atoms with Crippen LogP contribution in [0, 0.1) is 0 Å². The van der Waals surface area contributed by atoms with Gasteiger partial charge in [0.2, 0.25) is 0 Å². The van der Waals surface area contributed by atoms with E-state index in [4.69, 9.17) is 4.74 Å². The number of phenols is 1. The van der Waals surface area contributed by atoms with Crippen molar-refractivity contribution in [2.75, 3.05) is 27.2 Å². The third kappa shape index (κ3) is 5.85. The molecule has 1 N–H and O–H groups in total. The van der Waals surface area contributed by atoms with Crippen molar-refractivity contribution in [3.8, 4) is 11.5 Å². The van der Waals surface area contributed by atoms with Gasteiger partial charge in [0.15, 0.2) is 0 Å². The third-order valence-corrected chi connectivity index (χ3v) is 5.10. The van der Waals surface area contributed by atoms with Gasteiger partial charge in [-0.25, -0.2) is 0 Å². The van der Waals surface area contributed by atoms with Gasteiger partial charge in [-0.2, -0.15) is 0 Å². The summed E-state index contributed by atoms with van der Waals surface area (Å²) in [6.07, 6.45) is 5.21. The molecular weight excluding hydrogens is 358 g/mol. The number of hydrogen-bond donors (Lipinski definition) is 1. The number of phenolic OH excluding ortho intramolecular Hbond substituents is 1. The predicted molar refractivity (Wildman–Crippen MR) is 121 cm³/mol. The first-order valence-electron chi connectivity index (χ1n) is 10.3. The second-order valence-corrected chi connectivity index (χ2v) is 7.78. The fourth-order valence-corrected chi connectivity index (χ4v) is 3.35. The topological polar surface area (TPSA) is 32.7 Å². The van der Waals surface area contributed by atoms with Crippen LogP contribution in [-0.4, -0.2) is 37.3 Å². The van der Waals surface area contributed by atoms with Crippen molar-refractivity contribution in [3.05, 3.63) is 89.0 Å². The number of nitrogens with zero attached hydrogens (tertiary/aromatic N) is 1. The van der Waals surface area contributed by atoms with Gasteiger partial charge in [-0.3, -0.25) is 0 Å². The SMILES string of the molecule is C=C1C/C1=C\C(CC)=C(\c1ccc(O)cc1)c1ccc(OCCCN(C)C)cc1. The average molecular weight is 390 g/mol. The monoisotopic (exact) mass is 389 g/mol. The van der Waals surface area contributed by atoms with Crippen LogP contribution in [0.25, 0.3) is 5.57 Å². The van der Waals surface area contributed by atoms with Gasteiger partial charge in [-0.1, -0.05) is 43.8 Å². The molecule has 3 heteroatoms. The van der Waals surface area contributed by atoms with Crippen molar-refractivity contribution in [1.82, 2.24) is 4.90 Å². The summed E-state index contributed by atoms with van der Waals surface area (Å²) in [7, 11) is 4.15. The summed E-state index contributed by atoms with van der Waals surface area (Å²) in [6.45, 7) is 7.98. The number of aromatic hydroxyl groups is 1. The highest BCUT2D eigenvalue weighted by Crippen LogP contribution is 2.39. The molecule has 0 amide bonds. The van der Waals surface area contributed by atoms with Gasteiger partial charge >= 0.3 is 0 Å². The summed E-state index contributed by atoms with van der Waals surface area (Å²) in [5.41, 5.74) is 7.28. The fraction of sp³-hybridized carbons (Fsp3) is 0.308. The van der Waals surface area contributed by atoms with Gasteiger partial charge in [-0.05, 0) is 91.0 Å². The number of rotatable bonds is 9. The summed E-state index contributed by atoms with van der Waals surface area (Å²) >= 11 is 0. The fourth-order valence-electron chi connectivity index (χ4n) is 3.35. The molecule has 0 aromatic heterocycles. The minimum atomic E-state index is 0.279. The second kappa shape index (κ2) is 9.62. The second-order valence-electron chi connectivity index (χ2n) is 7.78. The van der Waals surface area contributed by atoms with E-state index in [0.717, 1.165) is 42.7 Å². The molecule has 1 aliphatic carbocycles. The molecule has 0 saturated heterocycles. The smallest absolute Gasteiger partial charge is 0.119 e. The predicted octanol–water partition coefficient (Wildman–Crippen LogP) is 5.82. The lowest BCUT2D eigenvalue weighted by molar-refractivity contribution is 0.281. The first kappa shape index (κ1) is 20.9. The Kier molecular flexibility index (Phi) is 6.95. The Morgan fingerprint density at radius 1 is 1.07 bits per heavy atom. The zero-order valence-electron chi connectivity index (χ0n) is 17.7. The number of allylic oxidation sites excluding steroid dienone is 4. The quantitative estimate of drug-likeness (QED) is 0.549. The molecule has 29 heavy (non-hydrogen) atoms. The van der Waals surface area contributed by atoms with Crippen LogP contribution >= 0.6 is 0 Å². The molecule has 1 saturated carbocycles. The zero-order chi connectivity index (χ0) is 20.8. The number of benzene rings is 2. The molecule has 2 aromatic carbocycles. The average Bonchev–Trinajstić information content (AvgIpc) is 3.41. The van der Waals surface area contributed by atoms with Crippen LogP contribution in [0.2, 0.25) is 0 Å². The van der Waals surface area contributed by atoms with E-state index >= 15 is 0 Å². The maximum absolute atomic E-state index is 9.71. The third-order valence-electron chi connectivity index (χ3n) is 5.10. The van der Waals surface area contributed by atoms with E-state index in [1.54, 1.807) is 12.1 Å². The maximum Gasteiger partial charge on any atom is 0.119 e. The molecule has 2 aromatic rings. The molecule has 3 nitrogen and oxygen atoms in total. The molecule has 0 heterocycles. The van der Waals surface area contributed by atoms with Crippen molar-refractivity contribution in [2.24, 2.45) is 0 Å². The van der Waals surface area contributed by atoms with Crippen molar-refractivity contribution in [3.63, 3.8) is 0 Å². The van der Waals surface area contributed by atoms with Crippen LogP contribution < -0.4 is 4.74 Å². The standard InChI is InChI=1S/C26H31NO2/c1-5-20(18-23-17-19(23)2)26(21-7-11-24(28)12-8-21)22-9-13-25(14-10-22)29-16-6-15-27(3)4/h7-14,18,28H,2,5-6,15-17H2,1,3-4H3/b23-18+,26-20-. The number of hydrogen-bond acceptors (Lipinski definition) is 3. The van der Waals surface area contributed by atoms with Crippen molar-refractivity contribution < 1.29 is 9.84 Å². The summed E-state index contributed by atoms with van der Waals surface area (Å²) in [5.74, 6) is 1.17. The molecule has 3 rings (SSSR count). The highest BCUT2D eigenvalue weighted by atomic mass is 16.5. The van der Waals surface area contributed by atoms with Crippen LogP contribution in [0.15, 0.2) is 77.9 Å². The van der Waals surface area contributed by atoms with Crippen molar-refractivity contribution >= 4 is 5.57 Å². The molecule has 0 spiro atoms. The lowest BCUT2D eigenvalue weighted by Gasteiger charge is -2.15. The van der Waals surface area contributed by atoms with Gasteiger partial charge in [0.25, 0.3) is 0 Å². The summed E-state index contributed by atoms with van der Waals surface area (Å²) in [6, 6.07) is 15.8. The van der Waals surface area contributed by atoms with E-state index < -0.39 is 0 Å². The van der Waals surface area contributed by atoms with Gasteiger partial charge in [0.05, 0.1) is 6.61 Å². The normalized spacial score (nSPS) is 15.6. The van der Waals surface area contributed by atoms with E-state index in [1.165, 1.54) is 22.3 Å². The molecule has 0 unspecified atom stereocenters. The van der Waals surface area contributed by atoms with E-state index in [0.29, 0.717) is 6.61 Å². The molecule has 0 radical (unpaired) electrons. The van der Waals surface area contributed by atoms with Gasteiger partial charge < -0.3 is 14.7 Å². The Balaban J connectivity index is 1.88. The minimum Gasteiger partial charge on any atom is -0.508 e. The molecule has 0 aliphatic heterocycles. The Labute approximate surface area is 174 Å². The summed E-state index contributed by atoms with van der Waals surface area (Å²) in [4.78, 5) is 2.16. The van der Waals surface area contributed by atoms with Gasteiger partial charge in [0, 0.05) is 6.54 Å². The van der Waals surface area contributed by atoms with Gasteiger partial charge in [-0.15, -0.1) is 0 Å². The summed E-state index contributed by atoms with van der Waals surface area (Å²) in [5, 5.41) is 9.71. The largest absolute Gasteiger partial charge is 0.508 e. The highest BCUT2D eigenvalue weighted by molar-refractivity contribution is 5.84. The molecule has 152 valence electrons.